The van der Waals surface area contributed by atoms with Gasteiger partial charge in [-0.15, -0.1) is 0 Å². The highest BCUT2D eigenvalue weighted by Crippen LogP contribution is 2.15. The number of hydrogen-bond acceptors (Lipinski definition) is 2. The van der Waals surface area contributed by atoms with E-state index in [0.717, 1.165) is 23.7 Å². The van der Waals surface area contributed by atoms with Crippen LogP contribution in [0, 0.1) is 6.92 Å². The van der Waals surface area contributed by atoms with Crippen molar-refractivity contribution < 1.29 is 0 Å². The minimum Gasteiger partial charge on any atom is -0.362 e. The number of rotatable bonds is 6. The first kappa shape index (κ1) is 17.1. The number of aryl methyl sites for hydroxylation is 1. The summed E-state index contributed by atoms with van der Waals surface area (Å²) in [4.78, 5) is 0. The van der Waals surface area contributed by atoms with Crippen molar-refractivity contribution >= 4 is 46.4 Å². The molecule has 5 heteroatoms. The van der Waals surface area contributed by atoms with Crippen LogP contribution in [0.5, 0.6) is 0 Å². The number of nitrogens with one attached hydrogen (secondary N) is 2. The second kappa shape index (κ2) is 9.03. The van der Waals surface area contributed by atoms with E-state index in [1.54, 1.807) is 0 Å². The van der Waals surface area contributed by atoms with Gasteiger partial charge in [-0.2, -0.15) is 11.8 Å². The molecule has 2 nitrogen and oxygen atoms in total. The first-order chi connectivity index (χ1) is 10.6. The zero-order valence-corrected chi connectivity index (χ0v) is 14.8. The number of thiocarbonyl (C=S) groups is 1. The summed E-state index contributed by atoms with van der Waals surface area (Å²) in [6.45, 7) is 2.96. The Hall–Kier alpha value is -1.23. The molecule has 0 heterocycles. The van der Waals surface area contributed by atoms with Gasteiger partial charge in [0.25, 0.3) is 0 Å². The van der Waals surface area contributed by atoms with Crippen LogP contribution >= 0.6 is 35.6 Å². The summed E-state index contributed by atoms with van der Waals surface area (Å²) in [6, 6.07) is 16.1. The van der Waals surface area contributed by atoms with E-state index in [1.807, 2.05) is 36.0 Å². The second-order valence-corrected chi connectivity index (χ2v) is 6.88. The van der Waals surface area contributed by atoms with Crippen LogP contribution in [0.15, 0.2) is 48.5 Å². The van der Waals surface area contributed by atoms with Crippen LogP contribution in [0.2, 0.25) is 5.02 Å². The third-order valence-electron chi connectivity index (χ3n) is 2.97. The van der Waals surface area contributed by atoms with E-state index in [0.29, 0.717) is 10.1 Å². The SMILES string of the molecule is Cc1cccc(CSCCNC(=S)Nc2cccc(Cl)c2)c1. The molecular weight excluding hydrogens is 332 g/mol. The molecule has 0 unspecified atom stereocenters. The molecule has 0 saturated carbocycles. The molecule has 0 atom stereocenters. The predicted octanol–water partition coefficient (Wildman–Crippen LogP) is 4.87. The van der Waals surface area contributed by atoms with Crippen molar-refractivity contribution in [2.24, 2.45) is 0 Å². The molecule has 116 valence electrons. The molecule has 2 rings (SSSR count). The van der Waals surface area contributed by atoms with E-state index in [4.69, 9.17) is 23.8 Å². The monoisotopic (exact) mass is 350 g/mol. The molecule has 0 bridgehead atoms. The summed E-state index contributed by atoms with van der Waals surface area (Å²) >= 11 is 13.1. The highest BCUT2D eigenvalue weighted by Gasteiger charge is 1.99. The third-order valence-corrected chi connectivity index (χ3v) is 4.48. The zero-order chi connectivity index (χ0) is 15.8. The van der Waals surface area contributed by atoms with E-state index in [1.165, 1.54) is 11.1 Å². The maximum Gasteiger partial charge on any atom is 0.170 e. The molecule has 0 spiro atoms. The molecule has 2 aromatic rings. The lowest BCUT2D eigenvalue weighted by molar-refractivity contribution is 0.990. The number of thioether (sulfide) groups is 1. The Bertz CT molecular complexity index is 632. The Morgan fingerprint density at radius 3 is 2.77 bits per heavy atom. The van der Waals surface area contributed by atoms with Crippen LogP contribution in [0.4, 0.5) is 5.69 Å². The second-order valence-electron chi connectivity index (χ2n) is 4.93. The summed E-state index contributed by atoms with van der Waals surface area (Å²) in [5, 5.41) is 7.65. The highest BCUT2D eigenvalue weighted by molar-refractivity contribution is 7.98. The van der Waals surface area contributed by atoms with Gasteiger partial charge in [-0.3, -0.25) is 0 Å². The summed E-state index contributed by atoms with van der Waals surface area (Å²) in [5.41, 5.74) is 3.57. The lowest BCUT2D eigenvalue weighted by Gasteiger charge is -2.10. The fourth-order valence-corrected chi connectivity index (χ4v) is 3.19. The smallest absolute Gasteiger partial charge is 0.170 e. The largest absolute Gasteiger partial charge is 0.362 e. The minimum absolute atomic E-state index is 0.624. The molecule has 2 N–H and O–H groups in total. The molecule has 0 aliphatic carbocycles. The lowest BCUT2D eigenvalue weighted by Crippen LogP contribution is -2.30. The first-order valence-corrected chi connectivity index (χ1v) is 9.01. The van der Waals surface area contributed by atoms with Gasteiger partial charge in [0.2, 0.25) is 0 Å². The molecule has 22 heavy (non-hydrogen) atoms. The van der Waals surface area contributed by atoms with E-state index >= 15 is 0 Å². The van der Waals surface area contributed by atoms with Gasteiger partial charge in [0.1, 0.15) is 0 Å². The van der Waals surface area contributed by atoms with Crippen molar-refractivity contribution in [3.05, 3.63) is 64.7 Å². The molecule has 0 aliphatic heterocycles. The Labute approximate surface area is 146 Å². The number of halogens is 1. The van der Waals surface area contributed by atoms with Crippen molar-refractivity contribution in [1.82, 2.24) is 5.32 Å². The van der Waals surface area contributed by atoms with Gasteiger partial charge in [-0.05, 0) is 42.9 Å². The molecule has 0 aliphatic rings. The molecule has 0 radical (unpaired) electrons. The van der Waals surface area contributed by atoms with Gasteiger partial charge in [0.15, 0.2) is 5.11 Å². The molecule has 0 aromatic heterocycles. The molecular formula is C17H19ClN2S2. The quantitative estimate of drug-likeness (QED) is 0.573. The van der Waals surface area contributed by atoms with E-state index in [-0.39, 0.29) is 0 Å². The number of hydrogen-bond donors (Lipinski definition) is 2. The van der Waals surface area contributed by atoms with Gasteiger partial charge in [-0.1, -0.05) is 47.5 Å². The average molecular weight is 351 g/mol. The van der Waals surface area contributed by atoms with Crippen molar-refractivity contribution in [3.63, 3.8) is 0 Å². The summed E-state index contributed by atoms with van der Waals surface area (Å²) in [7, 11) is 0. The highest BCUT2D eigenvalue weighted by atomic mass is 35.5. The number of benzene rings is 2. The lowest BCUT2D eigenvalue weighted by atomic mass is 10.2. The van der Waals surface area contributed by atoms with E-state index in [9.17, 15) is 0 Å². The van der Waals surface area contributed by atoms with Crippen molar-refractivity contribution in [2.75, 3.05) is 17.6 Å². The first-order valence-electron chi connectivity index (χ1n) is 7.07. The van der Waals surface area contributed by atoms with Gasteiger partial charge >= 0.3 is 0 Å². The summed E-state index contributed by atoms with van der Waals surface area (Å²) in [6.07, 6.45) is 0. The van der Waals surface area contributed by atoms with Crippen LogP contribution in [-0.2, 0) is 5.75 Å². The summed E-state index contributed by atoms with van der Waals surface area (Å²) in [5.74, 6) is 2.03. The van der Waals surface area contributed by atoms with Crippen LogP contribution < -0.4 is 10.6 Å². The van der Waals surface area contributed by atoms with Gasteiger partial charge in [-0.25, -0.2) is 0 Å². The summed E-state index contributed by atoms with van der Waals surface area (Å²) < 4.78 is 0. The minimum atomic E-state index is 0.624. The average Bonchev–Trinajstić information content (AvgIpc) is 2.47. The van der Waals surface area contributed by atoms with Crippen LogP contribution in [0.3, 0.4) is 0 Å². The standard InChI is InChI=1S/C17H19ClN2S2/c1-13-4-2-5-14(10-13)12-22-9-8-19-17(21)20-16-7-3-6-15(18)11-16/h2-7,10-11H,8-9,12H2,1H3,(H2,19,20,21). The molecule has 0 fully saturated rings. The van der Waals surface area contributed by atoms with Gasteiger partial charge < -0.3 is 10.6 Å². The molecule has 0 saturated heterocycles. The van der Waals surface area contributed by atoms with Crippen molar-refractivity contribution in [3.8, 4) is 0 Å². The van der Waals surface area contributed by atoms with E-state index in [2.05, 4.69) is 41.8 Å². The Morgan fingerprint density at radius 1 is 1.18 bits per heavy atom. The fraction of sp³-hybridized carbons (Fsp3) is 0.235. The van der Waals surface area contributed by atoms with Crippen LogP contribution in [0.1, 0.15) is 11.1 Å². The van der Waals surface area contributed by atoms with Crippen LogP contribution in [0.25, 0.3) is 0 Å². The third kappa shape index (κ3) is 6.26. The van der Waals surface area contributed by atoms with Gasteiger partial charge in [0, 0.05) is 28.8 Å². The topological polar surface area (TPSA) is 24.1 Å². The maximum absolute atomic E-state index is 5.94. The van der Waals surface area contributed by atoms with Crippen LogP contribution in [-0.4, -0.2) is 17.4 Å². The van der Waals surface area contributed by atoms with Gasteiger partial charge in [0.05, 0.1) is 0 Å². The Balaban J connectivity index is 1.63. The zero-order valence-electron chi connectivity index (χ0n) is 12.4. The predicted molar refractivity (Wildman–Crippen MR) is 103 cm³/mol. The Morgan fingerprint density at radius 2 is 2.00 bits per heavy atom. The fourth-order valence-electron chi connectivity index (χ4n) is 1.97. The maximum atomic E-state index is 5.94. The van der Waals surface area contributed by atoms with Crippen molar-refractivity contribution in [2.45, 2.75) is 12.7 Å². The molecule has 0 amide bonds. The van der Waals surface area contributed by atoms with Crippen molar-refractivity contribution in [1.29, 1.82) is 0 Å². The molecule has 2 aromatic carbocycles. The Kier molecular flexibility index (Phi) is 7.03. The number of anilines is 1. The normalized spacial score (nSPS) is 10.3. The van der Waals surface area contributed by atoms with E-state index < -0.39 is 0 Å².